The Bertz CT molecular complexity index is 356. The number of benzene rings is 1. The van der Waals surface area contributed by atoms with Crippen LogP contribution in [0.2, 0.25) is 0 Å². The molecule has 0 aliphatic heterocycles. The highest BCUT2D eigenvalue weighted by Gasteiger charge is 2.23. The highest BCUT2D eigenvalue weighted by molar-refractivity contribution is 6.30. The molecule has 106 valence electrons. The summed E-state index contributed by atoms with van der Waals surface area (Å²) in [4.78, 5) is 0. The van der Waals surface area contributed by atoms with Crippen LogP contribution in [0.15, 0.2) is 43.0 Å². The van der Waals surface area contributed by atoms with Gasteiger partial charge in [-0.2, -0.15) is 0 Å². The van der Waals surface area contributed by atoms with Crippen molar-refractivity contribution in [1.29, 1.82) is 0 Å². The molecular weight excluding hydrogens is 283 g/mol. The van der Waals surface area contributed by atoms with Crippen LogP contribution in [-0.2, 0) is 11.3 Å². The lowest BCUT2D eigenvalue weighted by molar-refractivity contribution is 0.111. The van der Waals surface area contributed by atoms with Crippen LogP contribution < -0.4 is 0 Å². The molecule has 0 bridgehead atoms. The van der Waals surface area contributed by atoms with Gasteiger partial charge in [0, 0.05) is 6.61 Å². The third kappa shape index (κ3) is 6.44. The van der Waals surface area contributed by atoms with Gasteiger partial charge >= 0.3 is 0 Å². The lowest BCUT2D eigenvalue weighted by atomic mass is 10.1. The van der Waals surface area contributed by atoms with Crippen molar-refractivity contribution in [3.05, 3.63) is 48.6 Å². The standard InChI is InChI=1S/C15H20Cl2O2/c1-2-6-14(18)15(17)13(16)9-10-19-11-12-7-4-3-5-8-12/h2-5,7-8,13-15,18H,1,6,9-11H2/t13-,14+,15+/m1/s1. The predicted octanol–water partition coefficient (Wildman–Crippen LogP) is 3.75. The number of aliphatic hydroxyl groups is 1. The maximum atomic E-state index is 9.69. The zero-order valence-corrected chi connectivity index (χ0v) is 12.4. The summed E-state index contributed by atoms with van der Waals surface area (Å²) in [6, 6.07) is 9.94. The quantitative estimate of drug-likeness (QED) is 0.428. The second-order valence-electron chi connectivity index (χ2n) is 4.38. The third-order valence-electron chi connectivity index (χ3n) is 2.77. The largest absolute Gasteiger partial charge is 0.391 e. The summed E-state index contributed by atoms with van der Waals surface area (Å²) in [7, 11) is 0. The monoisotopic (exact) mass is 302 g/mol. The van der Waals surface area contributed by atoms with E-state index in [9.17, 15) is 5.11 Å². The van der Waals surface area contributed by atoms with E-state index >= 15 is 0 Å². The molecule has 1 aromatic rings. The Morgan fingerprint density at radius 2 is 1.95 bits per heavy atom. The molecule has 0 fully saturated rings. The minimum atomic E-state index is -0.657. The maximum absolute atomic E-state index is 9.69. The first-order valence-corrected chi connectivity index (χ1v) is 7.21. The number of alkyl halides is 2. The van der Waals surface area contributed by atoms with Gasteiger partial charge in [-0.05, 0) is 18.4 Å². The summed E-state index contributed by atoms with van der Waals surface area (Å²) in [5.41, 5.74) is 1.13. The van der Waals surface area contributed by atoms with Gasteiger partial charge in [0.15, 0.2) is 0 Å². The van der Waals surface area contributed by atoms with E-state index in [1.165, 1.54) is 0 Å². The number of halogens is 2. The Morgan fingerprint density at radius 3 is 2.58 bits per heavy atom. The molecule has 1 N–H and O–H groups in total. The molecule has 0 radical (unpaired) electrons. The Hall–Kier alpha value is -0.540. The first-order chi connectivity index (χ1) is 9.15. The summed E-state index contributed by atoms with van der Waals surface area (Å²) in [5, 5.41) is 8.90. The molecular formula is C15H20Cl2O2. The molecule has 0 saturated carbocycles. The SMILES string of the molecule is C=CC[C@H](O)[C@@H](Cl)[C@H](Cl)CCOCc1ccccc1. The van der Waals surface area contributed by atoms with Crippen LogP contribution in [0.3, 0.4) is 0 Å². The molecule has 0 saturated heterocycles. The van der Waals surface area contributed by atoms with Crippen molar-refractivity contribution in [3.63, 3.8) is 0 Å². The van der Waals surface area contributed by atoms with Crippen molar-refractivity contribution in [2.75, 3.05) is 6.61 Å². The van der Waals surface area contributed by atoms with Gasteiger partial charge in [-0.3, -0.25) is 0 Å². The molecule has 3 atom stereocenters. The van der Waals surface area contributed by atoms with Gasteiger partial charge in [-0.25, -0.2) is 0 Å². The fraction of sp³-hybridized carbons (Fsp3) is 0.467. The Balaban J connectivity index is 2.19. The fourth-order valence-corrected chi connectivity index (χ4v) is 2.15. The van der Waals surface area contributed by atoms with Gasteiger partial charge in [-0.1, -0.05) is 36.4 Å². The smallest absolute Gasteiger partial charge is 0.0762 e. The lowest BCUT2D eigenvalue weighted by Gasteiger charge is -2.20. The van der Waals surface area contributed by atoms with Crippen LogP contribution in [0, 0.1) is 0 Å². The van der Waals surface area contributed by atoms with Crippen molar-refractivity contribution in [3.8, 4) is 0 Å². The molecule has 0 aliphatic rings. The molecule has 19 heavy (non-hydrogen) atoms. The van der Waals surface area contributed by atoms with Gasteiger partial charge in [0.05, 0.1) is 23.5 Å². The van der Waals surface area contributed by atoms with E-state index < -0.39 is 11.5 Å². The van der Waals surface area contributed by atoms with E-state index in [-0.39, 0.29) is 5.38 Å². The van der Waals surface area contributed by atoms with Crippen LogP contribution >= 0.6 is 23.2 Å². The highest BCUT2D eigenvalue weighted by atomic mass is 35.5. The van der Waals surface area contributed by atoms with Crippen molar-refractivity contribution in [2.24, 2.45) is 0 Å². The van der Waals surface area contributed by atoms with Gasteiger partial charge in [0.2, 0.25) is 0 Å². The van der Waals surface area contributed by atoms with Crippen molar-refractivity contribution >= 4 is 23.2 Å². The summed E-state index contributed by atoms with van der Waals surface area (Å²) in [5.74, 6) is 0. The van der Waals surface area contributed by atoms with E-state index in [0.29, 0.717) is 26.1 Å². The minimum Gasteiger partial charge on any atom is -0.391 e. The van der Waals surface area contributed by atoms with Crippen molar-refractivity contribution in [2.45, 2.75) is 36.3 Å². The molecule has 0 aromatic heterocycles. The molecule has 0 aliphatic carbocycles. The average Bonchev–Trinajstić information content (AvgIpc) is 2.44. The van der Waals surface area contributed by atoms with Gasteiger partial charge in [-0.15, -0.1) is 29.8 Å². The number of ether oxygens (including phenoxy) is 1. The van der Waals surface area contributed by atoms with Gasteiger partial charge < -0.3 is 9.84 Å². The zero-order valence-electron chi connectivity index (χ0n) is 10.8. The molecule has 1 aromatic carbocycles. The Kier molecular flexibility index (Phi) is 8.15. The molecule has 1 rings (SSSR count). The lowest BCUT2D eigenvalue weighted by Crippen LogP contribution is -2.30. The second-order valence-corrected chi connectivity index (χ2v) is 5.44. The van der Waals surface area contributed by atoms with Crippen LogP contribution in [0.4, 0.5) is 0 Å². The van der Waals surface area contributed by atoms with Crippen LogP contribution in [0.25, 0.3) is 0 Å². The minimum absolute atomic E-state index is 0.313. The van der Waals surface area contributed by atoms with Gasteiger partial charge in [0.25, 0.3) is 0 Å². The van der Waals surface area contributed by atoms with Crippen LogP contribution in [0.5, 0.6) is 0 Å². The molecule has 0 amide bonds. The van der Waals surface area contributed by atoms with Crippen molar-refractivity contribution in [1.82, 2.24) is 0 Å². The van der Waals surface area contributed by atoms with E-state index in [4.69, 9.17) is 27.9 Å². The summed E-state index contributed by atoms with van der Waals surface area (Å²) in [6.07, 6.45) is 2.03. The number of aliphatic hydroxyl groups excluding tert-OH is 1. The summed E-state index contributed by atoms with van der Waals surface area (Å²) < 4.78 is 5.54. The fourth-order valence-electron chi connectivity index (χ4n) is 1.66. The predicted molar refractivity (Wildman–Crippen MR) is 80.8 cm³/mol. The molecule has 0 unspecified atom stereocenters. The number of hydrogen-bond donors (Lipinski definition) is 1. The van der Waals surface area contributed by atoms with E-state index in [0.717, 1.165) is 5.56 Å². The molecule has 0 spiro atoms. The summed E-state index contributed by atoms with van der Waals surface area (Å²) >= 11 is 12.2. The Labute approximate surface area is 125 Å². The number of hydrogen-bond acceptors (Lipinski definition) is 2. The summed E-state index contributed by atoms with van der Waals surface area (Å²) in [6.45, 7) is 4.65. The van der Waals surface area contributed by atoms with Gasteiger partial charge in [0.1, 0.15) is 0 Å². The maximum Gasteiger partial charge on any atom is 0.0762 e. The highest BCUT2D eigenvalue weighted by Crippen LogP contribution is 2.19. The van der Waals surface area contributed by atoms with Crippen LogP contribution in [-0.4, -0.2) is 28.6 Å². The van der Waals surface area contributed by atoms with E-state index in [1.54, 1.807) is 6.08 Å². The van der Waals surface area contributed by atoms with Crippen molar-refractivity contribution < 1.29 is 9.84 Å². The Morgan fingerprint density at radius 1 is 1.26 bits per heavy atom. The zero-order chi connectivity index (χ0) is 14.1. The second kappa shape index (κ2) is 9.38. The molecule has 2 nitrogen and oxygen atoms in total. The molecule has 0 heterocycles. The molecule has 4 heteroatoms. The van der Waals surface area contributed by atoms with Crippen LogP contribution in [0.1, 0.15) is 18.4 Å². The normalized spacial score (nSPS) is 15.7. The average molecular weight is 303 g/mol. The first kappa shape index (κ1) is 16.5. The third-order valence-corrected chi connectivity index (χ3v) is 3.98. The first-order valence-electron chi connectivity index (χ1n) is 6.34. The number of rotatable bonds is 9. The topological polar surface area (TPSA) is 29.5 Å². The van der Waals surface area contributed by atoms with E-state index in [2.05, 4.69) is 6.58 Å². The van der Waals surface area contributed by atoms with E-state index in [1.807, 2.05) is 30.3 Å².